The lowest BCUT2D eigenvalue weighted by atomic mass is 9.78. The lowest BCUT2D eigenvalue weighted by Crippen LogP contribution is -2.45. The van der Waals surface area contributed by atoms with E-state index in [0.29, 0.717) is 6.04 Å². The molecule has 4 heteroatoms. The number of piperidine rings is 1. The van der Waals surface area contributed by atoms with Crippen LogP contribution in [0.4, 0.5) is 0 Å². The van der Waals surface area contributed by atoms with Crippen molar-refractivity contribution in [3.8, 4) is 5.75 Å². The fourth-order valence-electron chi connectivity index (χ4n) is 4.34. The van der Waals surface area contributed by atoms with Gasteiger partial charge in [0.15, 0.2) is 0 Å². The molecule has 2 N–H and O–H groups in total. The van der Waals surface area contributed by atoms with Crippen LogP contribution in [-0.2, 0) is 10.2 Å². The fraction of sp³-hybridized carbons (Fsp3) is 0.650. The summed E-state index contributed by atoms with van der Waals surface area (Å²) in [4.78, 5) is 12.6. The predicted octanol–water partition coefficient (Wildman–Crippen LogP) is 3.01. The van der Waals surface area contributed by atoms with E-state index in [9.17, 15) is 4.79 Å². The Morgan fingerprint density at radius 2 is 2.17 bits per heavy atom. The number of hydrogen-bond donors (Lipinski definition) is 2. The maximum Gasteiger partial charge on any atom is 0.223 e. The summed E-state index contributed by atoms with van der Waals surface area (Å²) in [6, 6.07) is 8.82. The van der Waals surface area contributed by atoms with Crippen LogP contribution in [0.5, 0.6) is 5.75 Å². The minimum Gasteiger partial charge on any atom is -0.497 e. The number of carbonyl (C=O) groups excluding carboxylic acids is 1. The monoisotopic (exact) mass is 330 g/mol. The zero-order valence-corrected chi connectivity index (χ0v) is 14.9. The first-order valence-corrected chi connectivity index (χ1v) is 9.29. The van der Waals surface area contributed by atoms with Crippen LogP contribution in [0.1, 0.15) is 51.0 Å². The van der Waals surface area contributed by atoms with Crippen molar-refractivity contribution < 1.29 is 9.53 Å². The van der Waals surface area contributed by atoms with E-state index in [1.165, 1.54) is 18.4 Å². The highest BCUT2D eigenvalue weighted by Gasteiger charge is 2.37. The highest BCUT2D eigenvalue weighted by Crippen LogP contribution is 2.41. The topological polar surface area (TPSA) is 50.4 Å². The second-order valence-electron chi connectivity index (χ2n) is 7.51. The highest BCUT2D eigenvalue weighted by molar-refractivity contribution is 5.79. The SMILES string of the molecule is COc1cccc(C2(CNC(=O)[C@H]3CCN[C@@H](C)C3)CCCC2)c1. The molecule has 1 aliphatic carbocycles. The Morgan fingerprint density at radius 3 is 2.88 bits per heavy atom. The van der Waals surface area contributed by atoms with Gasteiger partial charge in [0.1, 0.15) is 5.75 Å². The molecule has 2 fully saturated rings. The van der Waals surface area contributed by atoms with Gasteiger partial charge in [0.25, 0.3) is 0 Å². The van der Waals surface area contributed by atoms with E-state index in [0.717, 1.165) is 44.5 Å². The van der Waals surface area contributed by atoms with Crippen LogP contribution in [-0.4, -0.2) is 32.1 Å². The van der Waals surface area contributed by atoms with Crippen molar-refractivity contribution in [2.45, 2.75) is 56.9 Å². The van der Waals surface area contributed by atoms with Gasteiger partial charge in [-0.2, -0.15) is 0 Å². The molecule has 0 spiro atoms. The predicted molar refractivity (Wildman–Crippen MR) is 96.3 cm³/mol. The number of nitrogens with one attached hydrogen (secondary N) is 2. The zero-order valence-electron chi connectivity index (χ0n) is 14.9. The van der Waals surface area contributed by atoms with Gasteiger partial charge in [-0.3, -0.25) is 4.79 Å². The molecule has 1 saturated carbocycles. The second-order valence-corrected chi connectivity index (χ2v) is 7.51. The molecule has 4 nitrogen and oxygen atoms in total. The molecule has 0 aromatic heterocycles. The van der Waals surface area contributed by atoms with Gasteiger partial charge in [-0.05, 0) is 56.8 Å². The number of ether oxygens (including phenoxy) is 1. The number of benzene rings is 1. The van der Waals surface area contributed by atoms with E-state index in [1.54, 1.807) is 7.11 Å². The lowest BCUT2D eigenvalue weighted by molar-refractivity contribution is -0.126. The minimum atomic E-state index is 0.0722. The van der Waals surface area contributed by atoms with Crippen molar-refractivity contribution in [1.29, 1.82) is 0 Å². The first kappa shape index (κ1) is 17.3. The maximum atomic E-state index is 12.6. The van der Waals surface area contributed by atoms with Crippen molar-refractivity contribution in [1.82, 2.24) is 10.6 Å². The summed E-state index contributed by atoms with van der Waals surface area (Å²) >= 11 is 0. The summed E-state index contributed by atoms with van der Waals surface area (Å²) in [6.07, 6.45) is 6.64. The van der Waals surface area contributed by atoms with Gasteiger partial charge in [-0.1, -0.05) is 25.0 Å². The number of rotatable bonds is 5. The molecule has 1 aromatic rings. The third kappa shape index (κ3) is 3.75. The molecule has 1 amide bonds. The highest BCUT2D eigenvalue weighted by atomic mass is 16.5. The Morgan fingerprint density at radius 1 is 1.38 bits per heavy atom. The number of hydrogen-bond acceptors (Lipinski definition) is 3. The fourth-order valence-corrected chi connectivity index (χ4v) is 4.34. The maximum absolute atomic E-state index is 12.6. The van der Waals surface area contributed by atoms with Crippen molar-refractivity contribution in [3.05, 3.63) is 29.8 Å². The average molecular weight is 330 g/mol. The van der Waals surface area contributed by atoms with Gasteiger partial charge in [0, 0.05) is 23.9 Å². The number of amides is 1. The number of carbonyl (C=O) groups is 1. The summed E-state index contributed by atoms with van der Waals surface area (Å²) in [5.41, 5.74) is 1.38. The van der Waals surface area contributed by atoms with E-state index < -0.39 is 0 Å². The van der Waals surface area contributed by atoms with Crippen LogP contribution in [0.2, 0.25) is 0 Å². The summed E-state index contributed by atoms with van der Waals surface area (Å²) in [6.45, 7) is 3.85. The largest absolute Gasteiger partial charge is 0.497 e. The van der Waals surface area contributed by atoms with Gasteiger partial charge >= 0.3 is 0 Å². The first-order valence-electron chi connectivity index (χ1n) is 9.29. The van der Waals surface area contributed by atoms with Crippen LogP contribution in [0.15, 0.2) is 24.3 Å². The minimum absolute atomic E-state index is 0.0722. The van der Waals surface area contributed by atoms with Crippen molar-refractivity contribution in [2.24, 2.45) is 5.92 Å². The molecule has 1 aliphatic heterocycles. The molecular formula is C20H30N2O2. The van der Waals surface area contributed by atoms with Crippen molar-refractivity contribution in [3.63, 3.8) is 0 Å². The molecule has 1 heterocycles. The van der Waals surface area contributed by atoms with Crippen molar-refractivity contribution in [2.75, 3.05) is 20.2 Å². The zero-order chi connectivity index (χ0) is 17.0. The Labute approximate surface area is 145 Å². The Kier molecular flexibility index (Phi) is 5.44. The third-order valence-electron chi connectivity index (χ3n) is 5.84. The van der Waals surface area contributed by atoms with Crippen LogP contribution in [0.25, 0.3) is 0 Å². The molecule has 2 atom stereocenters. The Bertz CT molecular complexity index is 567. The van der Waals surface area contributed by atoms with Crippen LogP contribution in [0.3, 0.4) is 0 Å². The van der Waals surface area contributed by atoms with Gasteiger partial charge in [-0.15, -0.1) is 0 Å². The van der Waals surface area contributed by atoms with Gasteiger partial charge in [-0.25, -0.2) is 0 Å². The molecule has 24 heavy (non-hydrogen) atoms. The summed E-state index contributed by atoms with van der Waals surface area (Å²) in [5, 5.41) is 6.70. The molecule has 0 radical (unpaired) electrons. The molecule has 1 saturated heterocycles. The van der Waals surface area contributed by atoms with E-state index in [2.05, 4.69) is 35.8 Å². The normalized spacial score (nSPS) is 26.1. The molecule has 0 unspecified atom stereocenters. The third-order valence-corrected chi connectivity index (χ3v) is 5.84. The quantitative estimate of drug-likeness (QED) is 0.872. The van der Waals surface area contributed by atoms with Gasteiger partial charge in [0.05, 0.1) is 7.11 Å². The molecule has 0 bridgehead atoms. The van der Waals surface area contributed by atoms with Crippen LogP contribution < -0.4 is 15.4 Å². The number of methoxy groups -OCH3 is 1. The van der Waals surface area contributed by atoms with Crippen molar-refractivity contribution >= 4 is 5.91 Å². The summed E-state index contributed by atoms with van der Waals surface area (Å²) < 4.78 is 5.40. The van der Waals surface area contributed by atoms with E-state index in [4.69, 9.17) is 4.74 Å². The Balaban J connectivity index is 1.68. The second kappa shape index (κ2) is 7.56. The molecular weight excluding hydrogens is 300 g/mol. The van der Waals surface area contributed by atoms with Crippen LogP contribution >= 0.6 is 0 Å². The van der Waals surface area contributed by atoms with E-state index >= 15 is 0 Å². The average Bonchev–Trinajstić information content (AvgIpc) is 3.10. The molecule has 2 aliphatic rings. The lowest BCUT2D eigenvalue weighted by Gasteiger charge is -2.32. The summed E-state index contributed by atoms with van der Waals surface area (Å²) in [7, 11) is 1.71. The first-order chi connectivity index (χ1) is 11.6. The van der Waals surface area contributed by atoms with E-state index in [1.807, 2.05) is 6.07 Å². The van der Waals surface area contributed by atoms with E-state index in [-0.39, 0.29) is 17.2 Å². The standard InChI is InChI=1S/C20H30N2O2/c1-15-12-16(8-11-21-15)19(23)22-14-20(9-3-4-10-20)17-6-5-7-18(13-17)24-2/h5-7,13,15-16,21H,3-4,8-12,14H2,1-2H3,(H,22,23)/t15-,16-/m0/s1. The van der Waals surface area contributed by atoms with Crippen LogP contribution in [0, 0.1) is 5.92 Å². The van der Waals surface area contributed by atoms with Gasteiger partial charge in [0.2, 0.25) is 5.91 Å². The molecule has 1 aromatic carbocycles. The molecule has 132 valence electrons. The smallest absolute Gasteiger partial charge is 0.223 e. The van der Waals surface area contributed by atoms with Gasteiger partial charge < -0.3 is 15.4 Å². The molecule has 3 rings (SSSR count). The summed E-state index contributed by atoms with van der Waals surface area (Å²) in [5.74, 6) is 1.29. The Hall–Kier alpha value is -1.55.